The van der Waals surface area contributed by atoms with Crippen molar-refractivity contribution in [2.45, 2.75) is 12.3 Å². The maximum atomic E-state index is 14.2. The van der Waals surface area contributed by atoms with E-state index in [0.29, 0.717) is 43.9 Å². The van der Waals surface area contributed by atoms with Crippen molar-refractivity contribution in [2.24, 2.45) is 0 Å². The molecule has 2 aliphatic rings. The molecule has 0 saturated heterocycles. The lowest BCUT2D eigenvalue weighted by Crippen LogP contribution is -2.37. The SMILES string of the molecule is CCN1c2ccccc2N(c2ccc3c4c2cccc4c(=O)n2c4ccccc4nc32)c2ccccc21.O=c1c2cccc3c(N4c5ccccc5C(c5ccccc5)(c5ccccc5)c5ccccc54)ccc(c32)c2nc3ccccc3n12.O=c1c2ccccc2n(-c2ccc3c4c2cccc4c(=O)n2c4ccccc4nc32)c2ccccc12. The zero-order valence-electron chi connectivity index (χ0n) is 64.5. The molecule has 0 spiro atoms. The van der Waals surface area contributed by atoms with Crippen LogP contribution < -0.4 is 36.8 Å². The largest absolute Gasteiger partial charge is 0.338 e. The lowest BCUT2D eigenvalue weighted by molar-refractivity contribution is 0.731. The Hall–Kier alpha value is -16.2. The first kappa shape index (κ1) is 68.2. The predicted molar refractivity (Wildman–Crippen MR) is 490 cm³/mol. The lowest BCUT2D eigenvalue weighted by Gasteiger charge is -2.46. The van der Waals surface area contributed by atoms with Crippen LogP contribution in [0.25, 0.3) is 142 Å². The first-order valence-corrected chi connectivity index (χ1v) is 40.4. The molecule has 14 heteroatoms. The van der Waals surface area contributed by atoms with E-state index in [1.807, 2.05) is 170 Å². The van der Waals surface area contributed by atoms with Gasteiger partial charge in [0.05, 0.1) is 101 Å². The van der Waals surface area contributed by atoms with Crippen molar-refractivity contribution in [3.63, 3.8) is 0 Å². The number of benzene rings is 17. The summed E-state index contributed by atoms with van der Waals surface area (Å²) >= 11 is 0. The highest BCUT2D eigenvalue weighted by molar-refractivity contribution is 6.23. The van der Waals surface area contributed by atoms with Crippen LogP contribution in [0.4, 0.5) is 45.5 Å². The molecule has 24 aromatic rings. The Balaban J connectivity index is 0.000000103. The Kier molecular flexibility index (Phi) is 14.9. The molecule has 9 heterocycles. The second kappa shape index (κ2) is 26.2. The highest BCUT2D eigenvalue weighted by Gasteiger charge is 2.47. The van der Waals surface area contributed by atoms with E-state index in [9.17, 15) is 19.2 Å². The van der Waals surface area contributed by atoms with Crippen molar-refractivity contribution in [1.29, 1.82) is 0 Å². The highest BCUT2D eigenvalue weighted by Crippen LogP contribution is 2.59. The van der Waals surface area contributed by atoms with Gasteiger partial charge in [-0.15, -0.1) is 0 Å². The fourth-order valence-electron chi connectivity index (χ4n) is 20.0. The maximum Gasteiger partial charge on any atom is 0.264 e. The van der Waals surface area contributed by atoms with E-state index < -0.39 is 5.41 Å². The molecule has 0 radical (unpaired) electrons. The third-order valence-electron chi connectivity index (χ3n) is 24.9. The number of nitrogens with zero attached hydrogens (tertiary/aromatic N) is 10. The summed E-state index contributed by atoms with van der Waals surface area (Å²) in [5, 5.41) is 12.0. The van der Waals surface area contributed by atoms with Gasteiger partial charge in [0.2, 0.25) is 0 Å². The summed E-state index contributed by atoms with van der Waals surface area (Å²) in [6.07, 6.45) is 0. The number of anilines is 8. The summed E-state index contributed by atoms with van der Waals surface area (Å²) in [6.45, 7) is 3.06. The molecular formula is C106H66N10O4. The van der Waals surface area contributed by atoms with Crippen molar-refractivity contribution in [3.05, 3.63) is 434 Å². The molecule has 0 atom stereocenters. The number of pyridine rings is 4. The Morgan fingerprint density at radius 1 is 0.242 bits per heavy atom. The van der Waals surface area contributed by atoms with Gasteiger partial charge in [0.15, 0.2) is 5.43 Å². The molecule has 0 amide bonds. The van der Waals surface area contributed by atoms with Crippen LogP contribution in [0, 0.1) is 0 Å². The third kappa shape index (κ3) is 9.51. The van der Waals surface area contributed by atoms with Crippen LogP contribution >= 0.6 is 0 Å². The van der Waals surface area contributed by atoms with Crippen molar-refractivity contribution < 1.29 is 0 Å². The van der Waals surface area contributed by atoms with E-state index in [4.69, 9.17) is 15.0 Å². The van der Waals surface area contributed by atoms with Crippen molar-refractivity contribution in [3.8, 4) is 5.69 Å². The first-order chi connectivity index (χ1) is 59.2. The van der Waals surface area contributed by atoms with Crippen LogP contribution in [-0.2, 0) is 5.41 Å². The normalized spacial score (nSPS) is 13.1. The van der Waals surface area contributed by atoms with E-state index in [-0.39, 0.29) is 22.1 Å². The van der Waals surface area contributed by atoms with Gasteiger partial charge in [0, 0.05) is 82.0 Å². The molecule has 14 nitrogen and oxygen atoms in total. The maximum absolute atomic E-state index is 14.2. The summed E-state index contributed by atoms with van der Waals surface area (Å²) in [7, 11) is 0. The summed E-state index contributed by atoms with van der Waals surface area (Å²) in [6, 6.07) is 126. The van der Waals surface area contributed by atoms with Gasteiger partial charge in [-0.2, -0.15) is 0 Å². The Bertz CT molecular complexity index is 8500. The highest BCUT2D eigenvalue weighted by atomic mass is 16.1. The zero-order chi connectivity index (χ0) is 79.8. The standard InChI is InChI=1S/C43H27N3O.C32H22N4O.C31H17N3O2/c47-42-32-19-13-18-30-36(27-26-31(40(30)32)41-44-35-22-9-12-25-39(35)46(41)42)45-37-23-10-7-20-33(37)43(28-14-3-1-4-15-28,29-16-5-2-6-17-29)34-21-8-11-24-38(34)45;1-2-34-26-14-5-7-16-28(26)35(29-17-8-6-15-27(29)34)24-19-18-21-30-20(24)10-9-11-22(30)32(37)36-25-13-4-3-12-23(25)33-31(21)36;35-29-19-8-1-4-13-24(19)33(25-14-5-2-9-20(25)29)26-17-16-21-28-18(26)10-7-11-22(28)31(36)34-27-15-6-3-12-23(27)32-30(21)34/h1-27H;3-19H,2H2,1H3;1-17H. The van der Waals surface area contributed by atoms with Crippen molar-refractivity contribution in [2.75, 3.05) is 21.2 Å². The van der Waals surface area contributed by atoms with Gasteiger partial charge in [-0.1, -0.05) is 218 Å². The van der Waals surface area contributed by atoms with Crippen LogP contribution in [0.1, 0.15) is 29.2 Å². The Morgan fingerprint density at radius 2 is 0.542 bits per heavy atom. The van der Waals surface area contributed by atoms with Gasteiger partial charge in [-0.25, -0.2) is 15.0 Å². The number of fused-ring (bicyclic) bond motifs is 18. The fraction of sp³-hybridized carbons (Fsp3) is 0.0283. The number of imidazole rings is 3. The summed E-state index contributed by atoms with van der Waals surface area (Å²) in [5.41, 5.74) is 22.6. The smallest absolute Gasteiger partial charge is 0.264 e. The minimum absolute atomic E-state index is 0.0177. The number of hydrogen-bond acceptors (Lipinski definition) is 10. The van der Waals surface area contributed by atoms with Crippen molar-refractivity contribution in [1.82, 2.24) is 32.7 Å². The van der Waals surface area contributed by atoms with Gasteiger partial charge in [-0.05, 0) is 181 Å². The van der Waals surface area contributed by atoms with Gasteiger partial charge in [0.25, 0.3) is 16.7 Å². The minimum Gasteiger partial charge on any atom is -0.338 e. The summed E-state index contributed by atoms with van der Waals surface area (Å²) in [4.78, 5) is 76.8. The number of para-hydroxylation sites is 14. The molecule has 0 fully saturated rings. The van der Waals surface area contributed by atoms with E-state index >= 15 is 0 Å². The molecule has 0 saturated carbocycles. The molecule has 7 aromatic heterocycles. The lowest BCUT2D eigenvalue weighted by atomic mass is 9.62. The van der Waals surface area contributed by atoms with Crippen LogP contribution in [0.3, 0.4) is 0 Å². The fourth-order valence-corrected chi connectivity index (χ4v) is 20.0. The number of hydrogen-bond donors (Lipinski definition) is 0. The second-order valence-electron chi connectivity index (χ2n) is 30.9. The number of rotatable bonds is 6. The van der Waals surface area contributed by atoms with E-state index in [0.717, 1.165) is 139 Å². The average Bonchev–Trinajstić information content (AvgIpc) is 0.945. The third-order valence-corrected chi connectivity index (χ3v) is 24.9. The van der Waals surface area contributed by atoms with Crippen LogP contribution in [-0.4, -0.2) is 39.3 Å². The van der Waals surface area contributed by atoms with Gasteiger partial charge in [0.1, 0.15) is 16.9 Å². The van der Waals surface area contributed by atoms with E-state index in [2.05, 4.69) is 226 Å². The van der Waals surface area contributed by atoms with Crippen LogP contribution in [0.15, 0.2) is 389 Å². The molecule has 0 unspecified atom stereocenters. The molecular weight excluding hydrogens is 1480 g/mol. The van der Waals surface area contributed by atoms with E-state index in [1.165, 1.54) is 33.6 Å². The summed E-state index contributed by atoms with van der Waals surface area (Å²) in [5.74, 6) is 0. The van der Waals surface area contributed by atoms with Crippen LogP contribution in [0.2, 0.25) is 0 Å². The molecule has 2 aliphatic heterocycles. The molecule has 26 rings (SSSR count). The Morgan fingerprint density at radius 3 is 0.942 bits per heavy atom. The minimum atomic E-state index is -0.542. The predicted octanol–water partition coefficient (Wildman–Crippen LogP) is 23.3. The molecule has 17 aromatic carbocycles. The summed E-state index contributed by atoms with van der Waals surface area (Å²) < 4.78 is 7.38. The van der Waals surface area contributed by atoms with Gasteiger partial charge in [-0.3, -0.25) is 32.4 Å². The van der Waals surface area contributed by atoms with E-state index in [1.54, 1.807) is 13.2 Å². The van der Waals surface area contributed by atoms with Crippen molar-refractivity contribution >= 4 is 182 Å². The topological polar surface area (TPSA) is 135 Å². The molecule has 120 heavy (non-hydrogen) atoms. The van der Waals surface area contributed by atoms with Gasteiger partial charge < -0.3 is 19.3 Å². The molecule has 0 aliphatic carbocycles. The zero-order valence-corrected chi connectivity index (χ0v) is 64.5. The monoisotopic (exact) mass is 1540 g/mol. The molecule has 0 bridgehead atoms. The molecule has 564 valence electrons. The number of aromatic nitrogens is 7. The quantitative estimate of drug-likeness (QED) is 0.148. The average molecular weight is 1540 g/mol. The van der Waals surface area contributed by atoms with Crippen LogP contribution in [0.5, 0.6) is 0 Å². The second-order valence-corrected chi connectivity index (χ2v) is 30.9. The first-order valence-electron chi connectivity index (χ1n) is 40.4. The molecule has 0 N–H and O–H groups in total. The van der Waals surface area contributed by atoms with Gasteiger partial charge >= 0.3 is 0 Å². The Labute approximate surface area is 683 Å².